The first-order valence-corrected chi connectivity index (χ1v) is 11.0. The highest BCUT2D eigenvalue weighted by molar-refractivity contribution is 5.97. The summed E-state index contributed by atoms with van der Waals surface area (Å²) in [4.78, 5) is 33.6. The normalized spacial score (nSPS) is 21.3. The van der Waals surface area contributed by atoms with Crippen LogP contribution >= 0.6 is 0 Å². The molecule has 9 nitrogen and oxygen atoms in total. The molecule has 0 aliphatic carbocycles. The molecule has 3 N–H and O–H groups in total. The molecular weight excluding hydrogens is 424 g/mol. The van der Waals surface area contributed by atoms with Crippen LogP contribution in [0.1, 0.15) is 29.3 Å². The van der Waals surface area contributed by atoms with Crippen molar-refractivity contribution in [3.8, 4) is 0 Å². The lowest BCUT2D eigenvalue weighted by molar-refractivity contribution is -0.991. The third-order valence-corrected chi connectivity index (χ3v) is 6.57. The Morgan fingerprint density at radius 1 is 1.21 bits per heavy atom. The van der Waals surface area contributed by atoms with Gasteiger partial charge < -0.3 is 24.7 Å². The van der Waals surface area contributed by atoms with Gasteiger partial charge in [-0.15, -0.1) is 0 Å². The van der Waals surface area contributed by atoms with E-state index in [0.717, 1.165) is 22.2 Å². The number of carbonyl (C=O) groups is 2. The molecule has 2 aromatic carbocycles. The van der Waals surface area contributed by atoms with Gasteiger partial charge in [0, 0.05) is 55.4 Å². The number of H-pyrrole nitrogens is 1. The number of carbonyl (C=O) groups excluding carboxylic acids is 2. The first kappa shape index (κ1) is 21.6. The van der Waals surface area contributed by atoms with E-state index in [1.165, 1.54) is 6.07 Å². The summed E-state index contributed by atoms with van der Waals surface area (Å²) in [6, 6.07) is 13.3. The van der Waals surface area contributed by atoms with Gasteiger partial charge in [0.1, 0.15) is 6.04 Å². The van der Waals surface area contributed by atoms with E-state index in [2.05, 4.69) is 4.98 Å². The van der Waals surface area contributed by atoms with E-state index in [4.69, 9.17) is 4.74 Å². The zero-order valence-electron chi connectivity index (χ0n) is 18.3. The molecule has 0 radical (unpaired) electrons. The summed E-state index contributed by atoms with van der Waals surface area (Å²) in [6.45, 7) is 0.982. The Bertz CT molecular complexity index is 1210. The van der Waals surface area contributed by atoms with Gasteiger partial charge in [-0.1, -0.05) is 30.3 Å². The number of nitrogens with one attached hydrogen (secondary N) is 2. The minimum atomic E-state index is -1.04. The summed E-state index contributed by atoms with van der Waals surface area (Å²) < 4.78 is 5.11. The third-order valence-electron chi connectivity index (χ3n) is 6.57. The number of methoxy groups -OCH3 is 1. The fourth-order valence-electron chi connectivity index (χ4n) is 5.10. The number of nitrogens with zero attached hydrogens (tertiary/aromatic N) is 2. The average Bonchev–Trinajstić information content (AvgIpc) is 3.19. The first-order valence-electron chi connectivity index (χ1n) is 11.0. The Labute approximate surface area is 190 Å². The molecule has 1 saturated heterocycles. The van der Waals surface area contributed by atoms with Crippen molar-refractivity contribution in [1.29, 1.82) is 0 Å². The third kappa shape index (κ3) is 3.68. The van der Waals surface area contributed by atoms with Crippen LogP contribution in [-0.4, -0.2) is 64.7 Å². The molecule has 3 unspecified atom stereocenters. The lowest BCUT2D eigenvalue weighted by Gasteiger charge is -2.47. The molecule has 3 heterocycles. The summed E-state index contributed by atoms with van der Waals surface area (Å²) in [5, 5.41) is 21.1. The number of piperazine rings is 1. The first-order chi connectivity index (χ1) is 16.0. The van der Waals surface area contributed by atoms with Crippen LogP contribution in [0.15, 0.2) is 48.5 Å². The molecule has 0 bridgehead atoms. The smallest absolute Gasteiger partial charge is 0.246 e. The van der Waals surface area contributed by atoms with E-state index in [-0.39, 0.29) is 24.0 Å². The fraction of sp³-hybridized carbons (Fsp3) is 0.333. The predicted octanol–water partition coefficient (Wildman–Crippen LogP) is 1.29. The second-order valence-corrected chi connectivity index (χ2v) is 8.52. The summed E-state index contributed by atoms with van der Waals surface area (Å²) in [5.74, 6) is -0.229. The predicted molar refractivity (Wildman–Crippen MR) is 120 cm³/mol. The average molecular weight is 450 g/mol. The monoisotopic (exact) mass is 450 g/mol. The lowest BCUT2D eigenvalue weighted by Crippen LogP contribution is -2.99. The number of ether oxygens (including phenoxy) is 1. The van der Waals surface area contributed by atoms with E-state index in [9.17, 15) is 20.0 Å². The number of aromatic amines is 1. The largest absolute Gasteiger partial charge is 0.595 e. The molecule has 172 valence electrons. The number of amides is 2. The molecule has 0 spiro atoms. The van der Waals surface area contributed by atoms with Crippen molar-refractivity contribution in [3.05, 3.63) is 70.6 Å². The Morgan fingerprint density at radius 2 is 2.03 bits per heavy atom. The standard InChI is InChI=1S/C24H26N4O5/c1-33-11-5-10-26-14-21(29)27-20(24(26)30)13-18-17-8-2-3-9-19(17)25-22(18)23(27)15-6-4-7-16(12-15)28(31)32/h2-4,6-9,12,20,23,25,28,31H,5,10-11,13-14H2,1H3. The Kier molecular flexibility index (Phi) is 5.63. The van der Waals surface area contributed by atoms with E-state index in [1.807, 2.05) is 30.3 Å². The molecule has 3 atom stereocenters. The van der Waals surface area contributed by atoms with Crippen LogP contribution in [0, 0.1) is 5.21 Å². The summed E-state index contributed by atoms with van der Waals surface area (Å²) in [7, 11) is 1.61. The van der Waals surface area contributed by atoms with Gasteiger partial charge in [0.25, 0.3) is 0 Å². The number of hydrogen-bond donors (Lipinski definition) is 3. The highest BCUT2D eigenvalue weighted by Gasteiger charge is 2.48. The van der Waals surface area contributed by atoms with Gasteiger partial charge in [-0.3, -0.25) is 9.59 Å². The van der Waals surface area contributed by atoms with Crippen LogP contribution < -0.4 is 5.23 Å². The second-order valence-electron chi connectivity index (χ2n) is 8.52. The second kappa shape index (κ2) is 8.60. The quantitative estimate of drug-likeness (QED) is 0.387. The number of benzene rings is 2. The van der Waals surface area contributed by atoms with Crippen LogP contribution in [0.3, 0.4) is 0 Å². The molecule has 2 aliphatic heterocycles. The highest BCUT2D eigenvalue weighted by atomic mass is 16.8. The molecule has 2 amide bonds. The van der Waals surface area contributed by atoms with Gasteiger partial charge in [-0.05, 0) is 23.6 Å². The summed E-state index contributed by atoms with van der Waals surface area (Å²) in [5.41, 5.74) is 3.57. The van der Waals surface area contributed by atoms with Gasteiger partial charge >= 0.3 is 0 Å². The van der Waals surface area contributed by atoms with E-state index >= 15 is 0 Å². The fourth-order valence-corrected chi connectivity index (χ4v) is 5.10. The molecule has 9 heteroatoms. The van der Waals surface area contributed by atoms with Gasteiger partial charge in [0.2, 0.25) is 11.8 Å². The molecule has 5 rings (SSSR count). The Hall–Kier alpha value is -3.24. The van der Waals surface area contributed by atoms with E-state index in [1.54, 1.807) is 29.0 Å². The molecule has 1 aromatic heterocycles. The van der Waals surface area contributed by atoms with Crippen molar-refractivity contribution in [2.24, 2.45) is 0 Å². The van der Waals surface area contributed by atoms with Crippen molar-refractivity contribution in [2.45, 2.75) is 24.9 Å². The summed E-state index contributed by atoms with van der Waals surface area (Å²) >= 11 is 0. The number of aromatic nitrogens is 1. The number of rotatable bonds is 6. The van der Waals surface area contributed by atoms with E-state index in [0.29, 0.717) is 31.6 Å². The number of para-hydroxylation sites is 1. The molecule has 2 aliphatic rings. The zero-order chi connectivity index (χ0) is 23.1. The number of fused-ring (bicyclic) bond motifs is 4. The minimum absolute atomic E-state index is 0.00370. The number of hydrogen-bond acceptors (Lipinski definition) is 5. The lowest BCUT2D eigenvalue weighted by atomic mass is 9.86. The molecular formula is C24H26N4O5. The van der Waals surface area contributed by atoms with Gasteiger partial charge in [-0.25, -0.2) is 5.21 Å². The van der Waals surface area contributed by atoms with Crippen LogP contribution in [0.5, 0.6) is 0 Å². The van der Waals surface area contributed by atoms with Gasteiger partial charge in [0.15, 0.2) is 5.69 Å². The van der Waals surface area contributed by atoms with Crippen molar-refractivity contribution in [2.75, 3.05) is 26.8 Å². The van der Waals surface area contributed by atoms with Crippen molar-refractivity contribution in [1.82, 2.24) is 14.8 Å². The zero-order valence-corrected chi connectivity index (χ0v) is 18.3. The minimum Gasteiger partial charge on any atom is -0.595 e. The van der Waals surface area contributed by atoms with Crippen LogP contribution in [0.4, 0.5) is 5.69 Å². The topological polar surface area (TPSA) is 113 Å². The number of quaternary nitrogens is 1. The Morgan fingerprint density at radius 3 is 2.82 bits per heavy atom. The molecule has 1 fully saturated rings. The van der Waals surface area contributed by atoms with Gasteiger partial charge in [0.05, 0.1) is 12.6 Å². The highest BCUT2D eigenvalue weighted by Crippen LogP contribution is 2.42. The van der Waals surface area contributed by atoms with E-state index < -0.39 is 17.3 Å². The Balaban J connectivity index is 1.63. The van der Waals surface area contributed by atoms with Crippen molar-refractivity contribution < 1.29 is 24.8 Å². The van der Waals surface area contributed by atoms with Crippen molar-refractivity contribution >= 4 is 28.4 Å². The van der Waals surface area contributed by atoms with Crippen LogP contribution in [-0.2, 0) is 20.7 Å². The summed E-state index contributed by atoms with van der Waals surface area (Å²) in [6.07, 6.45) is 1.07. The van der Waals surface area contributed by atoms with Crippen molar-refractivity contribution in [3.63, 3.8) is 0 Å². The maximum atomic E-state index is 13.5. The SMILES string of the molecule is COCCCN1CC(=O)N2C(Cc3c([nH]c4ccccc34)C2c2cccc([NH+]([O-])O)c2)C1=O. The van der Waals surface area contributed by atoms with Gasteiger partial charge in [-0.2, -0.15) is 5.23 Å². The maximum Gasteiger partial charge on any atom is 0.246 e. The molecule has 33 heavy (non-hydrogen) atoms. The molecule has 3 aromatic rings. The van der Waals surface area contributed by atoms with Crippen LogP contribution in [0.25, 0.3) is 10.9 Å². The maximum absolute atomic E-state index is 13.5. The molecule has 0 saturated carbocycles. The van der Waals surface area contributed by atoms with Crippen LogP contribution in [0.2, 0.25) is 0 Å².